The lowest BCUT2D eigenvalue weighted by Gasteiger charge is -2.13. The molecule has 2 aromatic carbocycles. The second-order valence-corrected chi connectivity index (χ2v) is 6.40. The van der Waals surface area contributed by atoms with E-state index in [1.54, 1.807) is 0 Å². The van der Waals surface area contributed by atoms with Crippen LogP contribution in [-0.4, -0.2) is 18.6 Å². The van der Waals surface area contributed by atoms with Gasteiger partial charge in [-0.1, -0.05) is 30.3 Å². The first-order chi connectivity index (χ1) is 12.2. The number of rotatable bonds is 7. The van der Waals surface area contributed by atoms with E-state index >= 15 is 0 Å². The van der Waals surface area contributed by atoms with Crippen LogP contribution in [0.15, 0.2) is 42.5 Å². The van der Waals surface area contributed by atoms with Gasteiger partial charge >= 0.3 is 0 Å². The van der Waals surface area contributed by atoms with Crippen molar-refractivity contribution in [1.29, 1.82) is 0 Å². The lowest BCUT2D eigenvalue weighted by Crippen LogP contribution is -2.23. The molecule has 2 aromatic rings. The van der Waals surface area contributed by atoms with Gasteiger partial charge in [0.15, 0.2) is 0 Å². The average molecular weight is 339 g/mol. The van der Waals surface area contributed by atoms with Crippen molar-refractivity contribution in [3.05, 3.63) is 59.2 Å². The Balaban J connectivity index is 1.60. The van der Waals surface area contributed by atoms with Crippen molar-refractivity contribution < 1.29 is 14.3 Å². The van der Waals surface area contributed by atoms with Gasteiger partial charge in [0, 0.05) is 30.5 Å². The number of benzene rings is 2. The molecule has 1 atom stereocenters. The van der Waals surface area contributed by atoms with Crippen LogP contribution in [0.1, 0.15) is 37.0 Å². The number of amides is 1. The fourth-order valence-electron chi connectivity index (χ4n) is 3.09. The maximum Gasteiger partial charge on any atom is 0.220 e. The smallest absolute Gasteiger partial charge is 0.220 e. The van der Waals surface area contributed by atoms with Crippen molar-refractivity contribution in [2.24, 2.45) is 0 Å². The van der Waals surface area contributed by atoms with E-state index in [9.17, 15) is 4.79 Å². The molecule has 0 saturated heterocycles. The summed E-state index contributed by atoms with van der Waals surface area (Å²) in [5, 5.41) is 3.00. The standard InChI is InChI=1S/C21H25NO3/c1-3-24-19-12-17-11-15(2)25-20(17)13-18(19)14-22-21(23)10-9-16-7-5-4-6-8-16/h4-8,12-13,15H,3,9-11,14H2,1-2H3,(H,22,23)/t15-/m1/s1. The molecule has 4 heteroatoms. The Morgan fingerprint density at radius 1 is 1.28 bits per heavy atom. The molecule has 0 spiro atoms. The van der Waals surface area contributed by atoms with Gasteiger partial charge in [0.25, 0.3) is 0 Å². The van der Waals surface area contributed by atoms with Gasteiger partial charge in [-0.3, -0.25) is 4.79 Å². The summed E-state index contributed by atoms with van der Waals surface area (Å²) in [5.41, 5.74) is 3.31. The first kappa shape index (κ1) is 17.3. The minimum absolute atomic E-state index is 0.0427. The number of aryl methyl sites for hydroxylation is 1. The zero-order chi connectivity index (χ0) is 17.6. The molecule has 132 valence electrons. The van der Waals surface area contributed by atoms with Crippen molar-refractivity contribution in [1.82, 2.24) is 5.32 Å². The molecular weight excluding hydrogens is 314 g/mol. The Labute approximate surface area is 149 Å². The van der Waals surface area contributed by atoms with E-state index < -0.39 is 0 Å². The van der Waals surface area contributed by atoms with Crippen LogP contribution in [0.25, 0.3) is 0 Å². The SMILES string of the molecule is CCOc1cc2c(cc1CNC(=O)CCc1ccccc1)O[C@H](C)C2. The summed E-state index contributed by atoms with van der Waals surface area (Å²) in [7, 11) is 0. The van der Waals surface area contributed by atoms with Crippen LogP contribution in [0, 0.1) is 0 Å². The fraction of sp³-hybridized carbons (Fsp3) is 0.381. The number of carbonyl (C=O) groups is 1. The zero-order valence-corrected chi connectivity index (χ0v) is 14.9. The molecule has 0 fully saturated rings. The molecule has 0 aromatic heterocycles. The van der Waals surface area contributed by atoms with E-state index in [0.29, 0.717) is 19.6 Å². The predicted octanol–water partition coefficient (Wildman–Crippen LogP) is 3.66. The number of carbonyl (C=O) groups excluding carboxylic acids is 1. The molecule has 0 unspecified atom stereocenters. The number of ether oxygens (including phenoxy) is 2. The van der Waals surface area contributed by atoms with Gasteiger partial charge in [0.05, 0.1) is 6.61 Å². The molecule has 0 radical (unpaired) electrons. The summed E-state index contributed by atoms with van der Waals surface area (Å²) >= 11 is 0. The van der Waals surface area contributed by atoms with E-state index in [0.717, 1.165) is 29.9 Å². The molecule has 1 aliphatic rings. The molecule has 0 aliphatic carbocycles. The third-order valence-corrected chi connectivity index (χ3v) is 4.34. The molecule has 1 heterocycles. The monoisotopic (exact) mass is 339 g/mol. The second kappa shape index (κ2) is 8.06. The quantitative estimate of drug-likeness (QED) is 0.837. The van der Waals surface area contributed by atoms with Gasteiger partial charge < -0.3 is 14.8 Å². The number of hydrogen-bond donors (Lipinski definition) is 1. The Hall–Kier alpha value is -2.49. The molecule has 1 amide bonds. The van der Waals surface area contributed by atoms with E-state index in [2.05, 4.69) is 12.2 Å². The highest BCUT2D eigenvalue weighted by Crippen LogP contribution is 2.35. The summed E-state index contributed by atoms with van der Waals surface area (Å²) in [6, 6.07) is 14.1. The molecule has 1 N–H and O–H groups in total. The van der Waals surface area contributed by atoms with Gasteiger partial charge in [0.2, 0.25) is 5.91 Å². The lowest BCUT2D eigenvalue weighted by atomic mass is 10.1. The number of fused-ring (bicyclic) bond motifs is 1. The molecule has 3 rings (SSSR count). The summed E-state index contributed by atoms with van der Waals surface area (Å²) < 4.78 is 11.6. The fourth-order valence-corrected chi connectivity index (χ4v) is 3.09. The second-order valence-electron chi connectivity index (χ2n) is 6.40. The lowest BCUT2D eigenvalue weighted by molar-refractivity contribution is -0.121. The van der Waals surface area contributed by atoms with Gasteiger partial charge in [-0.2, -0.15) is 0 Å². The first-order valence-electron chi connectivity index (χ1n) is 8.91. The molecule has 0 saturated carbocycles. The van der Waals surface area contributed by atoms with Crippen LogP contribution in [0.2, 0.25) is 0 Å². The highest BCUT2D eigenvalue weighted by Gasteiger charge is 2.22. The Morgan fingerprint density at radius 2 is 2.08 bits per heavy atom. The van der Waals surface area contributed by atoms with E-state index in [1.165, 1.54) is 11.1 Å². The topological polar surface area (TPSA) is 47.6 Å². The Morgan fingerprint density at radius 3 is 2.84 bits per heavy atom. The normalized spacial score (nSPS) is 15.4. The maximum atomic E-state index is 12.2. The van der Waals surface area contributed by atoms with Gasteiger partial charge in [-0.05, 0) is 38.0 Å². The maximum absolute atomic E-state index is 12.2. The number of nitrogens with one attached hydrogen (secondary N) is 1. The Bertz CT molecular complexity index is 727. The van der Waals surface area contributed by atoms with Crippen molar-refractivity contribution >= 4 is 5.91 Å². The molecule has 0 bridgehead atoms. The molecular formula is C21H25NO3. The summed E-state index contributed by atoms with van der Waals surface area (Å²) in [6.45, 7) is 5.08. The predicted molar refractivity (Wildman–Crippen MR) is 98.0 cm³/mol. The van der Waals surface area contributed by atoms with E-state index in [4.69, 9.17) is 9.47 Å². The van der Waals surface area contributed by atoms with Crippen LogP contribution in [0.3, 0.4) is 0 Å². The minimum Gasteiger partial charge on any atom is -0.494 e. The van der Waals surface area contributed by atoms with Crippen molar-refractivity contribution in [2.45, 2.75) is 45.8 Å². The molecule has 4 nitrogen and oxygen atoms in total. The zero-order valence-electron chi connectivity index (χ0n) is 14.9. The van der Waals surface area contributed by atoms with Crippen molar-refractivity contribution in [2.75, 3.05) is 6.61 Å². The highest BCUT2D eigenvalue weighted by atomic mass is 16.5. The Kier molecular flexibility index (Phi) is 5.59. The third kappa shape index (κ3) is 4.53. The average Bonchev–Trinajstić information content (AvgIpc) is 2.98. The van der Waals surface area contributed by atoms with Crippen molar-refractivity contribution in [3.8, 4) is 11.5 Å². The van der Waals surface area contributed by atoms with Crippen LogP contribution in [0.4, 0.5) is 0 Å². The summed E-state index contributed by atoms with van der Waals surface area (Å²) in [6.07, 6.45) is 2.32. The number of hydrogen-bond acceptors (Lipinski definition) is 3. The van der Waals surface area contributed by atoms with Crippen LogP contribution in [0.5, 0.6) is 11.5 Å². The van der Waals surface area contributed by atoms with Crippen molar-refractivity contribution in [3.63, 3.8) is 0 Å². The van der Waals surface area contributed by atoms with Gasteiger partial charge in [-0.25, -0.2) is 0 Å². The van der Waals surface area contributed by atoms with E-state index in [-0.39, 0.29) is 12.0 Å². The van der Waals surface area contributed by atoms with Gasteiger partial charge in [0.1, 0.15) is 17.6 Å². The van der Waals surface area contributed by atoms with E-state index in [1.807, 2.05) is 49.4 Å². The minimum atomic E-state index is 0.0427. The summed E-state index contributed by atoms with van der Waals surface area (Å²) in [5.74, 6) is 1.79. The van der Waals surface area contributed by atoms with Crippen LogP contribution in [-0.2, 0) is 24.2 Å². The van der Waals surface area contributed by atoms with Crippen LogP contribution >= 0.6 is 0 Å². The largest absolute Gasteiger partial charge is 0.494 e. The van der Waals surface area contributed by atoms with Gasteiger partial charge in [-0.15, -0.1) is 0 Å². The summed E-state index contributed by atoms with van der Waals surface area (Å²) in [4.78, 5) is 12.2. The molecule has 1 aliphatic heterocycles. The van der Waals surface area contributed by atoms with Crippen LogP contribution < -0.4 is 14.8 Å². The molecule has 25 heavy (non-hydrogen) atoms. The third-order valence-electron chi connectivity index (χ3n) is 4.34. The highest BCUT2D eigenvalue weighted by molar-refractivity contribution is 5.76. The first-order valence-corrected chi connectivity index (χ1v) is 8.91.